The molecule has 0 spiro atoms. The summed E-state index contributed by atoms with van der Waals surface area (Å²) >= 11 is 0. The van der Waals surface area contributed by atoms with Crippen molar-refractivity contribution in [2.45, 2.75) is 45.3 Å². The number of amides is 1. The number of carbonyl (C=O) groups is 1. The van der Waals surface area contributed by atoms with E-state index in [1.807, 2.05) is 26.0 Å². The van der Waals surface area contributed by atoms with Crippen molar-refractivity contribution < 1.29 is 22.8 Å². The first-order chi connectivity index (χ1) is 19.1. The van der Waals surface area contributed by atoms with Crippen molar-refractivity contribution in [2.24, 2.45) is 0 Å². The molecule has 0 fully saturated rings. The smallest absolute Gasteiger partial charge is 0.411 e. The Hall–Kier alpha value is -4.73. The zero-order chi connectivity index (χ0) is 28.2. The summed E-state index contributed by atoms with van der Waals surface area (Å²) in [6, 6.07) is 15.4. The third kappa shape index (κ3) is 4.35. The second-order valence-corrected chi connectivity index (χ2v) is 10.6. The Balaban J connectivity index is 1.30. The summed E-state index contributed by atoms with van der Waals surface area (Å²) in [5, 5.41) is 10.7. The van der Waals surface area contributed by atoms with Crippen LogP contribution in [0.3, 0.4) is 0 Å². The fraction of sp³-hybridized carbons (Fsp3) is 0.233. The number of aromatic nitrogens is 3. The van der Waals surface area contributed by atoms with E-state index in [0.717, 1.165) is 5.39 Å². The molecule has 3 aromatic carbocycles. The number of hydrogen-bond donors (Lipinski definition) is 3. The van der Waals surface area contributed by atoms with Crippen LogP contribution >= 0.6 is 0 Å². The second kappa shape index (κ2) is 9.48. The van der Waals surface area contributed by atoms with Crippen molar-refractivity contribution >= 4 is 28.4 Å². The monoisotopic (exact) mass is 543 g/mol. The van der Waals surface area contributed by atoms with Crippen LogP contribution in [0.4, 0.5) is 25.0 Å². The van der Waals surface area contributed by atoms with Crippen molar-refractivity contribution in [1.29, 1.82) is 0 Å². The van der Waals surface area contributed by atoms with E-state index in [4.69, 9.17) is 9.26 Å². The van der Waals surface area contributed by atoms with Gasteiger partial charge < -0.3 is 19.6 Å². The number of ether oxygens (including phenoxy) is 1. The van der Waals surface area contributed by atoms with Gasteiger partial charge in [-0.3, -0.25) is 5.32 Å². The minimum atomic E-state index is -0.826. The molecule has 1 aliphatic heterocycles. The lowest BCUT2D eigenvalue weighted by molar-refractivity contribution is 0.0561. The number of nitrogens with zero attached hydrogens (tertiary/aromatic N) is 2. The summed E-state index contributed by atoms with van der Waals surface area (Å²) in [6.45, 7) is 7.12. The molecule has 0 radical (unpaired) electrons. The third-order valence-corrected chi connectivity index (χ3v) is 7.32. The summed E-state index contributed by atoms with van der Waals surface area (Å²) < 4.78 is 42.6. The first kappa shape index (κ1) is 25.5. The molecule has 5 aromatic rings. The topological polar surface area (TPSA) is 105 Å². The Morgan fingerprint density at radius 1 is 1.12 bits per heavy atom. The average molecular weight is 544 g/mol. The van der Waals surface area contributed by atoms with Crippen LogP contribution in [0.1, 0.15) is 38.1 Å². The molecule has 0 saturated carbocycles. The Labute approximate surface area is 228 Å². The van der Waals surface area contributed by atoms with Gasteiger partial charge in [-0.2, -0.15) is 4.98 Å². The summed E-state index contributed by atoms with van der Waals surface area (Å²) in [6.07, 6.45) is 0.240. The lowest BCUT2D eigenvalue weighted by Crippen LogP contribution is -2.52. The number of anilines is 2. The van der Waals surface area contributed by atoms with Gasteiger partial charge in [0.15, 0.2) is 0 Å². The minimum absolute atomic E-state index is 0.128. The average Bonchev–Trinajstić information content (AvgIpc) is 3.55. The molecule has 3 N–H and O–H groups in total. The molecule has 8 nitrogen and oxygen atoms in total. The van der Waals surface area contributed by atoms with Gasteiger partial charge in [-0.1, -0.05) is 42.4 Å². The van der Waals surface area contributed by atoms with E-state index in [-0.39, 0.29) is 11.1 Å². The second-order valence-electron chi connectivity index (χ2n) is 10.6. The lowest BCUT2D eigenvalue weighted by Gasteiger charge is -2.44. The number of hydrogen-bond acceptors (Lipinski definition) is 6. The van der Waals surface area contributed by atoms with E-state index in [1.54, 1.807) is 56.4 Å². The summed E-state index contributed by atoms with van der Waals surface area (Å²) in [4.78, 5) is 20.3. The van der Waals surface area contributed by atoms with Crippen LogP contribution in [0.25, 0.3) is 33.4 Å². The summed E-state index contributed by atoms with van der Waals surface area (Å²) in [5.74, 6) is -1.14. The Bertz CT molecular complexity index is 1760. The highest BCUT2D eigenvalue weighted by Crippen LogP contribution is 2.46. The zero-order valence-electron chi connectivity index (χ0n) is 22.3. The number of aryl methyl sites for hydroxylation is 1. The SMILES string of the molecule is Cc1nc(-c2cccc(NC(=O)OC3C(C)c4c(cc(F)c(-c5cccc6cc[nH]c56)c4F)NC3(C)C)c2)no1. The number of halogens is 2. The molecule has 6 rings (SSSR count). The predicted octanol–water partition coefficient (Wildman–Crippen LogP) is 7.40. The molecular formula is C30H27F2N5O3. The molecule has 3 heterocycles. The van der Waals surface area contributed by atoms with Crippen LogP contribution in [0.2, 0.25) is 0 Å². The van der Waals surface area contributed by atoms with Crippen LogP contribution in [-0.4, -0.2) is 32.9 Å². The van der Waals surface area contributed by atoms with Crippen molar-refractivity contribution in [2.75, 3.05) is 10.6 Å². The van der Waals surface area contributed by atoms with Crippen molar-refractivity contribution in [3.05, 3.63) is 83.9 Å². The van der Waals surface area contributed by atoms with Crippen LogP contribution in [0.15, 0.2) is 65.3 Å². The quantitative estimate of drug-likeness (QED) is 0.218. The maximum atomic E-state index is 16.2. The van der Waals surface area contributed by atoms with Gasteiger partial charge in [-0.05, 0) is 43.5 Å². The maximum Gasteiger partial charge on any atom is 0.411 e. The fourth-order valence-electron chi connectivity index (χ4n) is 5.58. The maximum absolute atomic E-state index is 16.2. The standard InChI is InChI=1S/C30H27F2N5O3/c1-15-23-22(14-21(31)24(25(23)32)20-10-6-7-17-11-12-33-26(17)20)36-30(3,4)27(15)39-29(38)35-19-9-5-8-18(13-19)28-34-16(2)40-37-28/h5-15,27,33,36H,1-4H3,(H,35,38). The molecule has 204 valence electrons. The molecule has 0 aliphatic carbocycles. The van der Waals surface area contributed by atoms with Crippen molar-refractivity contribution in [1.82, 2.24) is 15.1 Å². The Kier molecular flexibility index (Phi) is 6.05. The highest BCUT2D eigenvalue weighted by molar-refractivity contribution is 5.95. The van der Waals surface area contributed by atoms with Gasteiger partial charge in [-0.15, -0.1) is 0 Å². The molecule has 10 heteroatoms. The number of rotatable bonds is 4. The molecule has 2 atom stereocenters. The lowest BCUT2D eigenvalue weighted by atomic mass is 9.77. The molecule has 0 saturated heterocycles. The van der Waals surface area contributed by atoms with Gasteiger partial charge >= 0.3 is 6.09 Å². The Morgan fingerprint density at radius 3 is 2.70 bits per heavy atom. The first-order valence-electron chi connectivity index (χ1n) is 12.9. The van der Waals surface area contributed by atoms with Crippen molar-refractivity contribution in [3.8, 4) is 22.5 Å². The van der Waals surface area contributed by atoms with Gasteiger partial charge in [0.2, 0.25) is 11.7 Å². The largest absolute Gasteiger partial charge is 0.443 e. The number of fused-ring (bicyclic) bond motifs is 2. The normalized spacial score (nSPS) is 17.8. The van der Waals surface area contributed by atoms with Crippen LogP contribution in [0.5, 0.6) is 0 Å². The zero-order valence-corrected chi connectivity index (χ0v) is 22.3. The van der Waals surface area contributed by atoms with Crippen molar-refractivity contribution in [3.63, 3.8) is 0 Å². The molecule has 40 heavy (non-hydrogen) atoms. The van der Waals surface area contributed by atoms with E-state index >= 15 is 8.78 Å². The number of nitrogens with one attached hydrogen (secondary N) is 3. The number of aromatic amines is 1. The molecule has 2 aromatic heterocycles. The number of H-pyrrole nitrogens is 1. The minimum Gasteiger partial charge on any atom is -0.443 e. The predicted molar refractivity (Wildman–Crippen MR) is 148 cm³/mol. The molecule has 1 aliphatic rings. The molecular weight excluding hydrogens is 516 g/mol. The number of carbonyl (C=O) groups excluding carboxylic acids is 1. The molecule has 0 bridgehead atoms. The van der Waals surface area contributed by atoms with Crippen LogP contribution in [-0.2, 0) is 4.74 Å². The van der Waals surface area contributed by atoms with Gasteiger partial charge in [0.25, 0.3) is 0 Å². The fourth-order valence-corrected chi connectivity index (χ4v) is 5.58. The van der Waals surface area contributed by atoms with Gasteiger partial charge in [-0.25, -0.2) is 13.6 Å². The summed E-state index contributed by atoms with van der Waals surface area (Å²) in [5.41, 5.74) is 1.82. The van der Waals surface area contributed by atoms with E-state index in [2.05, 4.69) is 25.8 Å². The van der Waals surface area contributed by atoms with Crippen LogP contribution in [0, 0.1) is 18.6 Å². The highest BCUT2D eigenvalue weighted by atomic mass is 19.1. The third-order valence-electron chi connectivity index (χ3n) is 7.32. The van der Waals surface area contributed by atoms with E-state index < -0.39 is 35.3 Å². The number of benzene rings is 3. The highest BCUT2D eigenvalue weighted by Gasteiger charge is 2.45. The van der Waals surface area contributed by atoms with Gasteiger partial charge in [0, 0.05) is 47.1 Å². The van der Waals surface area contributed by atoms with Crippen LogP contribution < -0.4 is 10.6 Å². The van der Waals surface area contributed by atoms with E-state index in [0.29, 0.717) is 39.7 Å². The van der Waals surface area contributed by atoms with Gasteiger partial charge in [0.05, 0.1) is 16.6 Å². The van der Waals surface area contributed by atoms with Gasteiger partial charge in [0.1, 0.15) is 17.7 Å². The van der Waals surface area contributed by atoms with E-state index in [9.17, 15) is 4.79 Å². The molecule has 2 unspecified atom stereocenters. The first-order valence-corrected chi connectivity index (χ1v) is 12.9. The molecule has 1 amide bonds. The number of para-hydroxylation sites is 1. The summed E-state index contributed by atoms with van der Waals surface area (Å²) in [7, 11) is 0. The Morgan fingerprint density at radius 2 is 1.93 bits per heavy atom. The van der Waals surface area contributed by atoms with E-state index in [1.165, 1.54) is 6.07 Å².